The van der Waals surface area contributed by atoms with Crippen LogP contribution in [0.3, 0.4) is 0 Å². The van der Waals surface area contributed by atoms with Gasteiger partial charge in [0.1, 0.15) is 11.3 Å². The molecule has 0 saturated heterocycles. The molecular formula is C16H24O3. The smallest absolute Gasteiger partial charge is 0.341 e. The Hall–Kier alpha value is -1.51. The Morgan fingerprint density at radius 2 is 1.84 bits per heavy atom. The number of phenolic OH excluding ortho intramolecular Hbond substituents is 1. The number of carbonyl (C=O) groups is 1. The van der Waals surface area contributed by atoms with Crippen LogP contribution in [0.15, 0.2) is 24.3 Å². The van der Waals surface area contributed by atoms with E-state index in [1.165, 1.54) is 25.3 Å². The third-order valence-electron chi connectivity index (χ3n) is 3.03. The number of phenols is 1. The molecule has 1 aromatic carbocycles. The van der Waals surface area contributed by atoms with Crippen molar-refractivity contribution in [2.24, 2.45) is 5.92 Å². The molecule has 0 saturated carbocycles. The van der Waals surface area contributed by atoms with Gasteiger partial charge in [0, 0.05) is 0 Å². The zero-order valence-corrected chi connectivity index (χ0v) is 11.9. The average molecular weight is 264 g/mol. The molecule has 0 atom stereocenters. The van der Waals surface area contributed by atoms with Gasteiger partial charge in [-0.2, -0.15) is 0 Å². The second kappa shape index (κ2) is 8.57. The molecule has 0 fully saturated rings. The van der Waals surface area contributed by atoms with Crippen molar-refractivity contribution in [2.45, 2.75) is 46.0 Å². The fourth-order valence-corrected chi connectivity index (χ4v) is 1.90. The van der Waals surface area contributed by atoms with Crippen LogP contribution in [0.5, 0.6) is 5.75 Å². The zero-order valence-electron chi connectivity index (χ0n) is 11.9. The van der Waals surface area contributed by atoms with Gasteiger partial charge < -0.3 is 9.84 Å². The molecule has 19 heavy (non-hydrogen) atoms. The van der Waals surface area contributed by atoms with Crippen molar-refractivity contribution in [2.75, 3.05) is 6.61 Å². The first kappa shape index (κ1) is 15.5. The van der Waals surface area contributed by atoms with Crippen molar-refractivity contribution in [3.8, 4) is 5.75 Å². The van der Waals surface area contributed by atoms with E-state index in [-0.39, 0.29) is 11.3 Å². The van der Waals surface area contributed by atoms with E-state index in [1.54, 1.807) is 18.2 Å². The quantitative estimate of drug-likeness (QED) is 0.566. The lowest BCUT2D eigenvalue weighted by molar-refractivity contribution is 0.0494. The third-order valence-corrected chi connectivity index (χ3v) is 3.03. The van der Waals surface area contributed by atoms with E-state index in [0.717, 1.165) is 18.8 Å². The first-order valence-corrected chi connectivity index (χ1v) is 7.06. The molecule has 0 aromatic heterocycles. The zero-order chi connectivity index (χ0) is 14.1. The number of rotatable bonds is 8. The maximum atomic E-state index is 11.7. The fraction of sp³-hybridized carbons (Fsp3) is 0.562. The normalized spacial score (nSPS) is 10.7. The molecule has 3 heteroatoms. The Labute approximate surface area is 115 Å². The number of hydrogen-bond donors (Lipinski definition) is 1. The number of unbranched alkanes of at least 4 members (excludes halogenated alkanes) is 3. The Kier molecular flexibility index (Phi) is 7.01. The van der Waals surface area contributed by atoms with Gasteiger partial charge in [0.2, 0.25) is 0 Å². The largest absolute Gasteiger partial charge is 0.507 e. The lowest BCUT2D eigenvalue weighted by Crippen LogP contribution is -2.06. The Balaban J connectivity index is 2.13. The van der Waals surface area contributed by atoms with Gasteiger partial charge in [-0.3, -0.25) is 0 Å². The maximum absolute atomic E-state index is 11.7. The second-order valence-electron chi connectivity index (χ2n) is 5.25. The molecule has 1 N–H and O–H groups in total. The molecule has 0 radical (unpaired) electrons. The van der Waals surface area contributed by atoms with Crippen LogP contribution in [0.1, 0.15) is 56.3 Å². The number of benzene rings is 1. The summed E-state index contributed by atoms with van der Waals surface area (Å²) < 4.78 is 5.14. The Morgan fingerprint density at radius 1 is 1.16 bits per heavy atom. The standard InChI is InChI=1S/C16H24O3/c1-13(2)9-5-3-4-8-12-19-16(18)14-10-6-7-11-15(14)17/h6-7,10-11,13,17H,3-5,8-9,12H2,1-2H3. The van der Waals surface area contributed by atoms with Gasteiger partial charge in [-0.15, -0.1) is 0 Å². The number of aromatic hydroxyl groups is 1. The molecule has 0 aliphatic heterocycles. The van der Waals surface area contributed by atoms with E-state index in [1.807, 2.05) is 0 Å². The van der Waals surface area contributed by atoms with Crippen LogP contribution < -0.4 is 0 Å². The number of esters is 1. The van der Waals surface area contributed by atoms with Crippen LogP contribution in [0.2, 0.25) is 0 Å². The molecule has 1 aromatic rings. The summed E-state index contributed by atoms with van der Waals surface area (Å²) in [6.07, 6.45) is 5.66. The minimum Gasteiger partial charge on any atom is -0.507 e. The van der Waals surface area contributed by atoms with Crippen molar-refractivity contribution < 1.29 is 14.6 Å². The van der Waals surface area contributed by atoms with E-state index in [0.29, 0.717) is 6.61 Å². The van der Waals surface area contributed by atoms with E-state index in [2.05, 4.69) is 13.8 Å². The van der Waals surface area contributed by atoms with Crippen LogP contribution in [-0.2, 0) is 4.74 Å². The molecule has 106 valence electrons. The van der Waals surface area contributed by atoms with Crippen LogP contribution in [-0.4, -0.2) is 17.7 Å². The van der Waals surface area contributed by atoms with E-state index in [4.69, 9.17) is 4.74 Å². The monoisotopic (exact) mass is 264 g/mol. The van der Waals surface area contributed by atoms with Crippen LogP contribution in [0, 0.1) is 5.92 Å². The summed E-state index contributed by atoms with van der Waals surface area (Å²) in [4.78, 5) is 11.7. The highest BCUT2D eigenvalue weighted by Crippen LogP contribution is 2.16. The highest BCUT2D eigenvalue weighted by molar-refractivity contribution is 5.92. The summed E-state index contributed by atoms with van der Waals surface area (Å²) in [5, 5.41) is 9.50. The van der Waals surface area contributed by atoms with Crippen LogP contribution >= 0.6 is 0 Å². The van der Waals surface area contributed by atoms with Crippen LogP contribution in [0.4, 0.5) is 0 Å². The fourth-order valence-electron chi connectivity index (χ4n) is 1.90. The van der Waals surface area contributed by atoms with Gasteiger partial charge in [0.25, 0.3) is 0 Å². The number of carbonyl (C=O) groups excluding carboxylic acids is 1. The number of ether oxygens (including phenoxy) is 1. The van der Waals surface area contributed by atoms with Crippen molar-refractivity contribution in [3.05, 3.63) is 29.8 Å². The lowest BCUT2D eigenvalue weighted by atomic mass is 10.0. The van der Waals surface area contributed by atoms with Gasteiger partial charge in [-0.1, -0.05) is 51.7 Å². The highest BCUT2D eigenvalue weighted by Gasteiger charge is 2.10. The summed E-state index contributed by atoms with van der Waals surface area (Å²) in [5.74, 6) is 0.295. The Morgan fingerprint density at radius 3 is 2.53 bits per heavy atom. The number of para-hydroxylation sites is 1. The topological polar surface area (TPSA) is 46.5 Å². The van der Waals surface area contributed by atoms with E-state index in [9.17, 15) is 9.90 Å². The van der Waals surface area contributed by atoms with Gasteiger partial charge in [0.05, 0.1) is 6.61 Å². The Bertz CT molecular complexity index is 385. The molecule has 0 spiro atoms. The van der Waals surface area contributed by atoms with Gasteiger partial charge in [-0.25, -0.2) is 4.79 Å². The van der Waals surface area contributed by atoms with Gasteiger partial charge in [-0.05, 0) is 24.5 Å². The molecule has 0 aliphatic rings. The van der Waals surface area contributed by atoms with Crippen molar-refractivity contribution in [1.82, 2.24) is 0 Å². The summed E-state index contributed by atoms with van der Waals surface area (Å²) in [5.41, 5.74) is 0.238. The molecule has 0 aliphatic carbocycles. The summed E-state index contributed by atoms with van der Waals surface area (Å²) in [7, 11) is 0. The summed E-state index contributed by atoms with van der Waals surface area (Å²) in [6.45, 7) is 4.89. The minimum absolute atomic E-state index is 0.0237. The summed E-state index contributed by atoms with van der Waals surface area (Å²) in [6, 6.07) is 6.45. The molecule has 1 rings (SSSR count). The van der Waals surface area contributed by atoms with E-state index >= 15 is 0 Å². The summed E-state index contributed by atoms with van der Waals surface area (Å²) >= 11 is 0. The highest BCUT2D eigenvalue weighted by atomic mass is 16.5. The first-order chi connectivity index (χ1) is 9.11. The lowest BCUT2D eigenvalue weighted by Gasteiger charge is -2.06. The van der Waals surface area contributed by atoms with Gasteiger partial charge in [0.15, 0.2) is 0 Å². The third kappa shape index (κ3) is 6.27. The molecular weight excluding hydrogens is 240 g/mol. The SMILES string of the molecule is CC(C)CCCCCCOC(=O)c1ccccc1O. The first-order valence-electron chi connectivity index (χ1n) is 7.06. The molecule has 3 nitrogen and oxygen atoms in total. The van der Waals surface area contributed by atoms with Gasteiger partial charge >= 0.3 is 5.97 Å². The number of hydrogen-bond acceptors (Lipinski definition) is 3. The average Bonchev–Trinajstić information content (AvgIpc) is 2.37. The minimum atomic E-state index is -0.444. The molecule has 0 heterocycles. The predicted molar refractivity (Wildman–Crippen MR) is 76.3 cm³/mol. The van der Waals surface area contributed by atoms with Crippen molar-refractivity contribution >= 4 is 5.97 Å². The second-order valence-corrected chi connectivity index (χ2v) is 5.25. The van der Waals surface area contributed by atoms with Crippen LogP contribution in [0.25, 0.3) is 0 Å². The molecule has 0 bridgehead atoms. The predicted octanol–water partition coefficient (Wildman–Crippen LogP) is 4.16. The molecule has 0 amide bonds. The molecule has 0 unspecified atom stereocenters. The van der Waals surface area contributed by atoms with E-state index < -0.39 is 5.97 Å². The maximum Gasteiger partial charge on any atom is 0.341 e. The van der Waals surface area contributed by atoms with Crippen molar-refractivity contribution in [3.63, 3.8) is 0 Å². The van der Waals surface area contributed by atoms with Crippen molar-refractivity contribution in [1.29, 1.82) is 0 Å².